The molecule has 1 aromatic rings. The molecular weight excluding hydrogens is 360 g/mol. The summed E-state index contributed by atoms with van der Waals surface area (Å²) in [5.74, 6) is 0.724. The van der Waals surface area contributed by atoms with Crippen molar-refractivity contribution in [1.29, 1.82) is 0 Å². The van der Waals surface area contributed by atoms with Crippen molar-refractivity contribution in [2.24, 2.45) is 5.92 Å². The van der Waals surface area contributed by atoms with Crippen LogP contribution in [-0.4, -0.2) is 55.5 Å². The van der Waals surface area contributed by atoms with Gasteiger partial charge in [-0.25, -0.2) is 8.42 Å². The number of hydrogen-bond acceptors (Lipinski definition) is 3. The van der Waals surface area contributed by atoms with Crippen molar-refractivity contribution < 1.29 is 13.2 Å². The molecule has 5 nitrogen and oxygen atoms in total. The second kappa shape index (κ2) is 9.20. The Kier molecular flexibility index (Phi) is 6.93. The lowest BCUT2D eigenvalue weighted by molar-refractivity contribution is -0.132. The Morgan fingerprint density at radius 1 is 1.07 bits per heavy atom. The molecule has 3 rings (SSSR count). The highest BCUT2D eigenvalue weighted by atomic mass is 32.2. The summed E-state index contributed by atoms with van der Waals surface area (Å²) in [5.41, 5.74) is 1.36. The summed E-state index contributed by atoms with van der Waals surface area (Å²) in [4.78, 5) is 14.5. The first-order chi connectivity index (χ1) is 12.9. The normalized spacial score (nSPS) is 19.7. The Bertz CT molecular complexity index is 706. The van der Waals surface area contributed by atoms with E-state index in [9.17, 15) is 13.2 Å². The quantitative estimate of drug-likeness (QED) is 0.717. The fourth-order valence-electron chi connectivity index (χ4n) is 4.51. The first-order valence-electron chi connectivity index (χ1n) is 10.2. The van der Waals surface area contributed by atoms with Gasteiger partial charge in [-0.2, -0.15) is 4.31 Å². The fraction of sp³-hybridized carbons (Fsp3) is 0.667. The number of hydrogen-bond donors (Lipinski definition) is 0. The number of carbonyl (C=O) groups is 1. The standard InChI is InChI=1S/C21H32N2O3S/c1-27(25,26)23(20-9-5-6-10-20)16-13-21(24)22-14-11-19(12-15-22)17-18-7-3-2-4-8-18/h2-4,7-8,19-20H,5-6,9-17H2,1H3. The molecule has 1 aliphatic carbocycles. The fourth-order valence-corrected chi connectivity index (χ4v) is 5.68. The first kappa shape index (κ1) is 20.3. The van der Waals surface area contributed by atoms with Gasteiger partial charge in [-0.1, -0.05) is 43.2 Å². The maximum atomic E-state index is 12.6. The van der Waals surface area contributed by atoms with E-state index in [0.717, 1.165) is 58.0 Å². The molecule has 1 heterocycles. The lowest BCUT2D eigenvalue weighted by atomic mass is 9.90. The minimum Gasteiger partial charge on any atom is -0.343 e. The van der Waals surface area contributed by atoms with Crippen LogP contribution < -0.4 is 0 Å². The van der Waals surface area contributed by atoms with Crippen LogP contribution in [0, 0.1) is 5.92 Å². The van der Waals surface area contributed by atoms with Crippen molar-refractivity contribution in [2.75, 3.05) is 25.9 Å². The molecule has 0 radical (unpaired) electrons. The van der Waals surface area contributed by atoms with Crippen molar-refractivity contribution in [3.05, 3.63) is 35.9 Å². The van der Waals surface area contributed by atoms with E-state index < -0.39 is 10.0 Å². The largest absolute Gasteiger partial charge is 0.343 e. The molecule has 1 saturated heterocycles. The highest BCUT2D eigenvalue weighted by molar-refractivity contribution is 7.88. The molecule has 1 amide bonds. The molecule has 1 aliphatic heterocycles. The molecule has 2 aliphatic rings. The van der Waals surface area contributed by atoms with Gasteiger partial charge in [0.1, 0.15) is 0 Å². The summed E-state index contributed by atoms with van der Waals surface area (Å²) in [7, 11) is -3.26. The Labute approximate surface area is 163 Å². The Morgan fingerprint density at radius 2 is 1.70 bits per heavy atom. The zero-order chi connectivity index (χ0) is 19.3. The molecular formula is C21H32N2O3S. The number of piperidine rings is 1. The molecule has 150 valence electrons. The van der Waals surface area contributed by atoms with Crippen molar-refractivity contribution in [3.63, 3.8) is 0 Å². The molecule has 0 spiro atoms. The third-order valence-electron chi connectivity index (χ3n) is 6.04. The lowest BCUT2D eigenvalue weighted by Gasteiger charge is -2.33. The molecule has 0 unspecified atom stereocenters. The van der Waals surface area contributed by atoms with Crippen LogP contribution in [0.5, 0.6) is 0 Å². The first-order valence-corrected chi connectivity index (χ1v) is 12.1. The van der Waals surface area contributed by atoms with Gasteiger partial charge >= 0.3 is 0 Å². The van der Waals surface area contributed by atoms with Gasteiger partial charge in [0.05, 0.1) is 6.26 Å². The van der Waals surface area contributed by atoms with Gasteiger partial charge in [0.2, 0.25) is 15.9 Å². The lowest BCUT2D eigenvalue weighted by Crippen LogP contribution is -2.43. The van der Waals surface area contributed by atoms with Crippen LogP contribution in [0.25, 0.3) is 0 Å². The molecule has 6 heteroatoms. The van der Waals surface area contributed by atoms with E-state index in [1.165, 1.54) is 11.8 Å². The van der Waals surface area contributed by atoms with E-state index in [-0.39, 0.29) is 11.9 Å². The zero-order valence-corrected chi connectivity index (χ0v) is 17.2. The average molecular weight is 393 g/mol. The van der Waals surface area contributed by atoms with Gasteiger partial charge < -0.3 is 4.90 Å². The number of nitrogens with zero attached hydrogens (tertiary/aromatic N) is 2. The SMILES string of the molecule is CS(=O)(=O)N(CCC(=O)N1CCC(Cc2ccccc2)CC1)C1CCCC1. The summed E-state index contributed by atoms with van der Waals surface area (Å²) in [5, 5.41) is 0. The number of benzene rings is 1. The summed E-state index contributed by atoms with van der Waals surface area (Å²) in [6, 6.07) is 10.6. The van der Waals surface area contributed by atoms with Gasteiger partial charge in [-0.3, -0.25) is 4.79 Å². The summed E-state index contributed by atoms with van der Waals surface area (Å²) < 4.78 is 25.8. The molecule has 1 aromatic carbocycles. The number of likely N-dealkylation sites (tertiary alicyclic amines) is 1. The van der Waals surface area contributed by atoms with Crippen molar-refractivity contribution in [1.82, 2.24) is 9.21 Å². The van der Waals surface area contributed by atoms with Crippen LogP contribution in [0.4, 0.5) is 0 Å². The summed E-state index contributed by atoms with van der Waals surface area (Å²) in [6.07, 6.45) is 8.71. The van der Waals surface area contributed by atoms with E-state index in [1.807, 2.05) is 11.0 Å². The van der Waals surface area contributed by atoms with Crippen LogP contribution in [0.3, 0.4) is 0 Å². The Balaban J connectivity index is 1.46. The highest BCUT2D eigenvalue weighted by Gasteiger charge is 2.30. The third-order valence-corrected chi connectivity index (χ3v) is 7.37. The summed E-state index contributed by atoms with van der Waals surface area (Å²) in [6.45, 7) is 1.91. The second-order valence-electron chi connectivity index (χ2n) is 8.08. The predicted octanol–water partition coefficient (Wildman–Crippen LogP) is 3.06. The Morgan fingerprint density at radius 3 is 2.30 bits per heavy atom. The van der Waals surface area contributed by atoms with Crippen LogP contribution >= 0.6 is 0 Å². The smallest absolute Gasteiger partial charge is 0.223 e. The van der Waals surface area contributed by atoms with Crippen LogP contribution in [0.2, 0.25) is 0 Å². The number of rotatable bonds is 7. The predicted molar refractivity (Wildman–Crippen MR) is 108 cm³/mol. The maximum Gasteiger partial charge on any atom is 0.223 e. The average Bonchev–Trinajstić information content (AvgIpc) is 3.16. The minimum atomic E-state index is -3.26. The van der Waals surface area contributed by atoms with E-state index in [2.05, 4.69) is 24.3 Å². The number of carbonyl (C=O) groups excluding carboxylic acids is 1. The van der Waals surface area contributed by atoms with E-state index in [0.29, 0.717) is 18.9 Å². The van der Waals surface area contributed by atoms with Gasteiger partial charge in [0, 0.05) is 32.1 Å². The minimum absolute atomic E-state index is 0.0874. The van der Waals surface area contributed by atoms with Crippen molar-refractivity contribution in [3.8, 4) is 0 Å². The number of sulfonamides is 1. The van der Waals surface area contributed by atoms with Crippen LogP contribution in [-0.2, 0) is 21.2 Å². The van der Waals surface area contributed by atoms with Gasteiger partial charge in [0.25, 0.3) is 0 Å². The number of amides is 1. The second-order valence-corrected chi connectivity index (χ2v) is 10.0. The molecule has 0 atom stereocenters. The van der Waals surface area contributed by atoms with Crippen LogP contribution in [0.1, 0.15) is 50.5 Å². The topological polar surface area (TPSA) is 57.7 Å². The van der Waals surface area contributed by atoms with E-state index in [1.54, 1.807) is 4.31 Å². The molecule has 27 heavy (non-hydrogen) atoms. The zero-order valence-electron chi connectivity index (χ0n) is 16.3. The molecule has 0 aromatic heterocycles. The molecule has 1 saturated carbocycles. The Hall–Kier alpha value is -1.40. The van der Waals surface area contributed by atoms with E-state index >= 15 is 0 Å². The van der Waals surface area contributed by atoms with Gasteiger partial charge in [-0.15, -0.1) is 0 Å². The highest BCUT2D eigenvalue weighted by Crippen LogP contribution is 2.26. The van der Waals surface area contributed by atoms with Crippen LogP contribution in [0.15, 0.2) is 30.3 Å². The summed E-state index contributed by atoms with van der Waals surface area (Å²) >= 11 is 0. The van der Waals surface area contributed by atoms with Gasteiger partial charge in [0.15, 0.2) is 0 Å². The molecule has 0 N–H and O–H groups in total. The molecule has 2 fully saturated rings. The van der Waals surface area contributed by atoms with E-state index in [4.69, 9.17) is 0 Å². The maximum absolute atomic E-state index is 12.6. The van der Waals surface area contributed by atoms with Crippen molar-refractivity contribution in [2.45, 2.75) is 57.4 Å². The van der Waals surface area contributed by atoms with Gasteiger partial charge in [-0.05, 0) is 43.6 Å². The monoisotopic (exact) mass is 392 g/mol. The molecule has 0 bridgehead atoms. The third kappa shape index (κ3) is 5.79. The van der Waals surface area contributed by atoms with Crippen molar-refractivity contribution >= 4 is 15.9 Å².